The Balaban J connectivity index is 2.32. The predicted molar refractivity (Wildman–Crippen MR) is 79.0 cm³/mol. The second-order valence-electron chi connectivity index (χ2n) is 5.90. The van der Waals surface area contributed by atoms with E-state index in [0.29, 0.717) is 17.0 Å². The highest BCUT2D eigenvalue weighted by Gasteiger charge is 2.29. The molecular formula is C17H25F2N. The average molecular weight is 281 g/mol. The van der Waals surface area contributed by atoms with Crippen molar-refractivity contribution in [3.63, 3.8) is 0 Å². The van der Waals surface area contributed by atoms with Crippen molar-refractivity contribution in [2.24, 2.45) is 5.92 Å². The molecule has 3 heteroatoms. The molecular weight excluding hydrogens is 256 g/mol. The molecule has 0 radical (unpaired) electrons. The molecule has 2 unspecified atom stereocenters. The van der Waals surface area contributed by atoms with E-state index in [1.54, 1.807) is 6.92 Å². The van der Waals surface area contributed by atoms with Crippen LogP contribution in [0.15, 0.2) is 12.1 Å². The highest BCUT2D eigenvalue weighted by Crippen LogP contribution is 2.39. The Kier molecular flexibility index (Phi) is 5.53. The van der Waals surface area contributed by atoms with Crippen molar-refractivity contribution >= 4 is 0 Å². The molecule has 1 N–H and O–H groups in total. The second-order valence-corrected chi connectivity index (χ2v) is 5.90. The summed E-state index contributed by atoms with van der Waals surface area (Å²) in [6.45, 7) is 5.55. The predicted octanol–water partition coefficient (Wildman–Crippen LogP) is 4.55. The van der Waals surface area contributed by atoms with Crippen LogP contribution in [0.25, 0.3) is 0 Å². The van der Waals surface area contributed by atoms with Gasteiger partial charge in [-0.25, -0.2) is 8.78 Å². The Morgan fingerprint density at radius 2 is 1.90 bits per heavy atom. The monoisotopic (exact) mass is 281 g/mol. The quantitative estimate of drug-likeness (QED) is 0.799. The summed E-state index contributed by atoms with van der Waals surface area (Å²) in [5.74, 6) is -0.361. The largest absolute Gasteiger partial charge is 0.317 e. The van der Waals surface area contributed by atoms with Crippen molar-refractivity contribution < 1.29 is 8.78 Å². The fraction of sp³-hybridized carbons (Fsp3) is 0.647. The first-order valence-electron chi connectivity index (χ1n) is 7.80. The molecule has 0 heterocycles. The fourth-order valence-corrected chi connectivity index (χ4v) is 3.36. The van der Waals surface area contributed by atoms with E-state index in [0.717, 1.165) is 32.4 Å². The van der Waals surface area contributed by atoms with Gasteiger partial charge in [-0.1, -0.05) is 32.3 Å². The minimum atomic E-state index is -0.374. The first kappa shape index (κ1) is 15.4. The van der Waals surface area contributed by atoms with E-state index in [2.05, 4.69) is 12.2 Å². The third-order valence-corrected chi connectivity index (χ3v) is 4.51. The Hall–Kier alpha value is -0.960. The van der Waals surface area contributed by atoms with Gasteiger partial charge >= 0.3 is 0 Å². The standard InChI is InChI=1S/C17H25F2N/c1-3-20-11-13-7-5-4-6-8-14(13)16-15(18)10-9-12(2)17(16)19/h9-10,13-14,20H,3-8,11H2,1-2H3. The first-order chi connectivity index (χ1) is 9.65. The van der Waals surface area contributed by atoms with Gasteiger partial charge in [0.2, 0.25) is 0 Å². The van der Waals surface area contributed by atoms with E-state index in [1.807, 2.05) is 0 Å². The number of aryl methyl sites for hydroxylation is 1. The molecule has 0 saturated heterocycles. The molecule has 1 saturated carbocycles. The molecule has 2 atom stereocenters. The number of benzene rings is 1. The Labute approximate surface area is 120 Å². The van der Waals surface area contributed by atoms with Crippen molar-refractivity contribution in [3.8, 4) is 0 Å². The van der Waals surface area contributed by atoms with Crippen LogP contribution in [0.1, 0.15) is 56.1 Å². The van der Waals surface area contributed by atoms with Gasteiger partial charge in [-0.3, -0.25) is 0 Å². The summed E-state index contributed by atoms with van der Waals surface area (Å²) in [6, 6.07) is 2.95. The van der Waals surface area contributed by atoms with Crippen molar-refractivity contribution in [2.45, 2.75) is 51.9 Å². The molecule has 112 valence electrons. The van der Waals surface area contributed by atoms with Crippen LogP contribution in [0.2, 0.25) is 0 Å². The number of rotatable bonds is 4. The minimum absolute atomic E-state index is 0.0106. The molecule has 1 aromatic rings. The molecule has 1 aromatic carbocycles. The minimum Gasteiger partial charge on any atom is -0.317 e. The summed E-state index contributed by atoms with van der Waals surface area (Å²) in [4.78, 5) is 0. The fourth-order valence-electron chi connectivity index (χ4n) is 3.36. The van der Waals surface area contributed by atoms with Crippen LogP contribution in [-0.2, 0) is 0 Å². The molecule has 1 fully saturated rings. The first-order valence-corrected chi connectivity index (χ1v) is 7.80. The van der Waals surface area contributed by atoms with E-state index in [1.165, 1.54) is 25.0 Å². The van der Waals surface area contributed by atoms with Gasteiger partial charge in [-0.05, 0) is 56.3 Å². The molecule has 1 aliphatic rings. The molecule has 1 aliphatic carbocycles. The summed E-state index contributed by atoms with van der Waals surface area (Å²) in [5.41, 5.74) is 0.877. The van der Waals surface area contributed by atoms with Crippen molar-refractivity contribution in [2.75, 3.05) is 13.1 Å². The SMILES string of the molecule is CCNCC1CCCCCC1c1c(F)ccc(C)c1F. The second kappa shape index (κ2) is 7.16. The van der Waals surface area contributed by atoms with Crippen LogP contribution >= 0.6 is 0 Å². The normalized spacial score (nSPS) is 23.6. The van der Waals surface area contributed by atoms with Crippen molar-refractivity contribution in [1.82, 2.24) is 5.32 Å². The lowest BCUT2D eigenvalue weighted by Gasteiger charge is -2.27. The van der Waals surface area contributed by atoms with E-state index >= 15 is 0 Å². The maximum Gasteiger partial charge on any atom is 0.132 e. The topological polar surface area (TPSA) is 12.0 Å². The lowest BCUT2D eigenvalue weighted by atomic mass is 9.81. The number of hydrogen-bond donors (Lipinski definition) is 1. The maximum absolute atomic E-state index is 14.4. The highest BCUT2D eigenvalue weighted by atomic mass is 19.1. The van der Waals surface area contributed by atoms with Gasteiger partial charge in [0.25, 0.3) is 0 Å². The average Bonchev–Trinajstić information content (AvgIpc) is 2.67. The lowest BCUT2D eigenvalue weighted by molar-refractivity contribution is 0.358. The summed E-state index contributed by atoms with van der Waals surface area (Å²) >= 11 is 0. The molecule has 1 nitrogen and oxygen atoms in total. The zero-order valence-corrected chi connectivity index (χ0v) is 12.5. The molecule has 0 amide bonds. The van der Waals surface area contributed by atoms with E-state index in [4.69, 9.17) is 0 Å². The summed E-state index contributed by atoms with van der Waals surface area (Å²) in [6.07, 6.45) is 5.37. The highest BCUT2D eigenvalue weighted by molar-refractivity contribution is 5.30. The maximum atomic E-state index is 14.4. The van der Waals surface area contributed by atoms with Crippen molar-refractivity contribution in [1.29, 1.82) is 0 Å². The van der Waals surface area contributed by atoms with Gasteiger partial charge in [0, 0.05) is 5.56 Å². The van der Waals surface area contributed by atoms with Gasteiger partial charge < -0.3 is 5.32 Å². The third-order valence-electron chi connectivity index (χ3n) is 4.51. The summed E-state index contributed by atoms with van der Waals surface area (Å²) in [5, 5.41) is 3.35. The van der Waals surface area contributed by atoms with Crippen LogP contribution in [0, 0.1) is 24.5 Å². The van der Waals surface area contributed by atoms with Crippen LogP contribution in [0.3, 0.4) is 0 Å². The Morgan fingerprint density at radius 1 is 1.15 bits per heavy atom. The molecule has 20 heavy (non-hydrogen) atoms. The van der Waals surface area contributed by atoms with E-state index < -0.39 is 0 Å². The Morgan fingerprint density at radius 3 is 2.65 bits per heavy atom. The summed E-state index contributed by atoms with van der Waals surface area (Å²) < 4.78 is 28.6. The van der Waals surface area contributed by atoms with E-state index in [-0.39, 0.29) is 17.6 Å². The molecule has 0 aromatic heterocycles. The zero-order chi connectivity index (χ0) is 14.5. The van der Waals surface area contributed by atoms with Gasteiger partial charge in [-0.15, -0.1) is 0 Å². The zero-order valence-electron chi connectivity index (χ0n) is 12.5. The van der Waals surface area contributed by atoms with Crippen LogP contribution in [0.4, 0.5) is 8.78 Å². The number of nitrogens with one attached hydrogen (secondary N) is 1. The van der Waals surface area contributed by atoms with Crippen molar-refractivity contribution in [3.05, 3.63) is 34.9 Å². The third kappa shape index (κ3) is 3.38. The molecule has 0 aliphatic heterocycles. The van der Waals surface area contributed by atoms with Gasteiger partial charge in [0.1, 0.15) is 11.6 Å². The smallest absolute Gasteiger partial charge is 0.132 e. The molecule has 0 spiro atoms. The molecule has 0 bridgehead atoms. The molecule has 2 rings (SSSR count). The summed E-state index contributed by atoms with van der Waals surface area (Å²) in [7, 11) is 0. The van der Waals surface area contributed by atoms with Gasteiger partial charge in [-0.2, -0.15) is 0 Å². The van der Waals surface area contributed by atoms with Crippen LogP contribution < -0.4 is 5.32 Å². The number of halogens is 2. The van der Waals surface area contributed by atoms with Gasteiger partial charge in [0.15, 0.2) is 0 Å². The number of hydrogen-bond acceptors (Lipinski definition) is 1. The Bertz CT molecular complexity index is 445. The van der Waals surface area contributed by atoms with Gasteiger partial charge in [0.05, 0.1) is 0 Å². The van der Waals surface area contributed by atoms with Crippen LogP contribution in [0.5, 0.6) is 0 Å². The lowest BCUT2D eigenvalue weighted by Crippen LogP contribution is -2.27. The van der Waals surface area contributed by atoms with E-state index in [9.17, 15) is 8.78 Å². The van der Waals surface area contributed by atoms with Crippen LogP contribution in [-0.4, -0.2) is 13.1 Å².